The van der Waals surface area contributed by atoms with Crippen molar-refractivity contribution in [2.24, 2.45) is 0 Å². The average Bonchev–Trinajstić information content (AvgIpc) is 2.67. The Morgan fingerprint density at radius 2 is 2.36 bits per heavy atom. The molecular formula is C9H6ClFN2O. The van der Waals surface area contributed by atoms with Gasteiger partial charge in [-0.3, -0.25) is 4.98 Å². The molecule has 2 aromatic rings. The minimum atomic E-state index is -0.429. The normalized spacial score (nSPS) is 10.4. The molecule has 0 radical (unpaired) electrons. The number of rotatable bonds is 2. The molecule has 0 saturated heterocycles. The van der Waals surface area contributed by atoms with E-state index < -0.39 is 5.82 Å². The number of hydrogen-bond donors (Lipinski definition) is 0. The maximum absolute atomic E-state index is 13.2. The van der Waals surface area contributed by atoms with Crippen LogP contribution in [0.25, 0.3) is 11.3 Å². The highest BCUT2D eigenvalue weighted by atomic mass is 35.5. The summed E-state index contributed by atoms with van der Waals surface area (Å²) in [4.78, 5) is 3.64. The first-order chi connectivity index (χ1) is 6.81. The van der Waals surface area contributed by atoms with Crippen LogP contribution in [0.3, 0.4) is 0 Å². The lowest BCUT2D eigenvalue weighted by Gasteiger charge is -1.94. The minimum Gasteiger partial charge on any atom is -0.359 e. The Labute approximate surface area is 84.5 Å². The van der Waals surface area contributed by atoms with Crippen LogP contribution in [-0.4, -0.2) is 10.1 Å². The molecular weight excluding hydrogens is 207 g/mol. The molecule has 0 atom stereocenters. The van der Waals surface area contributed by atoms with Gasteiger partial charge < -0.3 is 4.52 Å². The topological polar surface area (TPSA) is 38.9 Å². The number of alkyl halides is 1. The Bertz CT molecular complexity index is 444. The molecule has 5 heteroatoms. The maximum atomic E-state index is 13.2. The van der Waals surface area contributed by atoms with Gasteiger partial charge in [-0.25, -0.2) is 4.39 Å². The number of nitrogens with zero attached hydrogens (tertiary/aromatic N) is 2. The number of pyridine rings is 1. The summed E-state index contributed by atoms with van der Waals surface area (Å²) in [6.07, 6.45) is 2.62. The van der Waals surface area contributed by atoms with Gasteiger partial charge in [0.2, 0.25) is 0 Å². The Kier molecular flexibility index (Phi) is 2.45. The first-order valence-electron chi connectivity index (χ1n) is 3.92. The van der Waals surface area contributed by atoms with Gasteiger partial charge in [0.15, 0.2) is 11.6 Å². The first kappa shape index (κ1) is 9.15. The molecule has 0 saturated carbocycles. The minimum absolute atomic E-state index is 0.222. The van der Waals surface area contributed by atoms with Crippen molar-refractivity contribution >= 4 is 11.6 Å². The highest BCUT2D eigenvalue weighted by Gasteiger charge is 2.09. The second-order valence-corrected chi connectivity index (χ2v) is 2.93. The molecule has 0 aliphatic rings. The molecule has 0 aliphatic heterocycles. The molecule has 0 amide bonds. The second-order valence-electron chi connectivity index (χ2n) is 2.67. The standard InChI is InChI=1S/C9H6ClFN2O/c10-4-6-3-9(13-14-6)7-1-2-12-5-8(7)11/h1-3,5H,4H2. The van der Waals surface area contributed by atoms with Crippen LogP contribution in [0.4, 0.5) is 4.39 Å². The Hall–Kier alpha value is -1.42. The summed E-state index contributed by atoms with van der Waals surface area (Å²) in [5.74, 6) is 0.305. The fourth-order valence-electron chi connectivity index (χ4n) is 1.09. The summed E-state index contributed by atoms with van der Waals surface area (Å²) >= 11 is 5.53. The van der Waals surface area contributed by atoms with Gasteiger partial charge in [0.25, 0.3) is 0 Å². The van der Waals surface area contributed by atoms with E-state index >= 15 is 0 Å². The molecule has 2 rings (SSSR count). The van der Waals surface area contributed by atoms with Gasteiger partial charge in [0.1, 0.15) is 5.69 Å². The van der Waals surface area contributed by atoms with Crippen LogP contribution in [0.5, 0.6) is 0 Å². The van der Waals surface area contributed by atoms with Crippen LogP contribution in [0, 0.1) is 5.82 Å². The summed E-state index contributed by atoms with van der Waals surface area (Å²) in [6.45, 7) is 0. The third-order valence-corrected chi connectivity index (χ3v) is 2.00. The van der Waals surface area contributed by atoms with Gasteiger partial charge in [-0.15, -0.1) is 11.6 Å². The average molecular weight is 213 g/mol. The Morgan fingerprint density at radius 3 is 3.00 bits per heavy atom. The molecule has 0 bridgehead atoms. The quantitative estimate of drug-likeness (QED) is 0.719. The number of aromatic nitrogens is 2. The van der Waals surface area contributed by atoms with E-state index in [1.807, 2.05) is 0 Å². The van der Waals surface area contributed by atoms with Gasteiger partial charge in [0.05, 0.1) is 12.1 Å². The summed E-state index contributed by atoms with van der Waals surface area (Å²) in [7, 11) is 0. The third-order valence-electron chi connectivity index (χ3n) is 1.74. The van der Waals surface area contributed by atoms with E-state index in [0.717, 1.165) is 6.20 Å². The molecule has 2 aromatic heterocycles. The van der Waals surface area contributed by atoms with Gasteiger partial charge in [-0.2, -0.15) is 0 Å². The van der Waals surface area contributed by atoms with Crippen LogP contribution < -0.4 is 0 Å². The molecule has 72 valence electrons. The van der Waals surface area contributed by atoms with Crippen LogP contribution in [0.1, 0.15) is 5.76 Å². The van der Waals surface area contributed by atoms with Crippen molar-refractivity contribution < 1.29 is 8.91 Å². The smallest absolute Gasteiger partial charge is 0.152 e. The lowest BCUT2D eigenvalue weighted by Crippen LogP contribution is -1.84. The maximum Gasteiger partial charge on any atom is 0.152 e. The van der Waals surface area contributed by atoms with E-state index in [0.29, 0.717) is 17.0 Å². The molecule has 0 N–H and O–H groups in total. The van der Waals surface area contributed by atoms with Gasteiger partial charge >= 0.3 is 0 Å². The lowest BCUT2D eigenvalue weighted by atomic mass is 10.2. The van der Waals surface area contributed by atoms with E-state index in [9.17, 15) is 4.39 Å². The van der Waals surface area contributed by atoms with E-state index in [2.05, 4.69) is 10.1 Å². The van der Waals surface area contributed by atoms with Crippen molar-refractivity contribution in [2.75, 3.05) is 0 Å². The van der Waals surface area contributed by atoms with Gasteiger partial charge in [0, 0.05) is 17.8 Å². The highest BCUT2D eigenvalue weighted by Crippen LogP contribution is 2.21. The fourth-order valence-corrected chi connectivity index (χ4v) is 1.21. The monoisotopic (exact) mass is 212 g/mol. The van der Waals surface area contributed by atoms with Crippen molar-refractivity contribution in [3.63, 3.8) is 0 Å². The van der Waals surface area contributed by atoms with Crippen LogP contribution in [-0.2, 0) is 5.88 Å². The molecule has 3 nitrogen and oxygen atoms in total. The van der Waals surface area contributed by atoms with Gasteiger partial charge in [-0.1, -0.05) is 5.16 Å². The lowest BCUT2D eigenvalue weighted by molar-refractivity contribution is 0.396. The summed E-state index contributed by atoms with van der Waals surface area (Å²) < 4.78 is 18.1. The van der Waals surface area contributed by atoms with E-state index in [1.54, 1.807) is 6.07 Å². The van der Waals surface area contributed by atoms with E-state index in [1.165, 1.54) is 12.3 Å². The predicted octanol–water partition coefficient (Wildman–Crippen LogP) is 2.61. The Morgan fingerprint density at radius 1 is 1.50 bits per heavy atom. The molecule has 14 heavy (non-hydrogen) atoms. The number of halogens is 2. The van der Waals surface area contributed by atoms with Crippen molar-refractivity contribution in [1.82, 2.24) is 10.1 Å². The predicted molar refractivity (Wildman–Crippen MR) is 49.2 cm³/mol. The SMILES string of the molecule is Fc1cnccc1-c1cc(CCl)on1. The van der Waals surface area contributed by atoms with Crippen LogP contribution >= 0.6 is 11.6 Å². The molecule has 0 fully saturated rings. The molecule has 0 aliphatic carbocycles. The summed E-state index contributed by atoms with van der Waals surface area (Å²) in [6, 6.07) is 3.14. The zero-order valence-corrected chi connectivity index (χ0v) is 7.83. The van der Waals surface area contributed by atoms with E-state index in [-0.39, 0.29) is 5.88 Å². The largest absolute Gasteiger partial charge is 0.359 e. The second kappa shape index (κ2) is 3.75. The van der Waals surface area contributed by atoms with Gasteiger partial charge in [-0.05, 0) is 6.07 Å². The summed E-state index contributed by atoms with van der Waals surface area (Å²) in [5, 5.41) is 3.69. The molecule has 2 heterocycles. The van der Waals surface area contributed by atoms with Crippen LogP contribution in [0.15, 0.2) is 29.0 Å². The third kappa shape index (κ3) is 1.61. The molecule has 0 spiro atoms. The van der Waals surface area contributed by atoms with Crippen molar-refractivity contribution in [3.8, 4) is 11.3 Å². The van der Waals surface area contributed by atoms with Crippen molar-refractivity contribution in [2.45, 2.75) is 5.88 Å². The summed E-state index contributed by atoms with van der Waals surface area (Å²) in [5.41, 5.74) is 0.792. The first-order valence-corrected chi connectivity index (χ1v) is 4.46. The highest BCUT2D eigenvalue weighted by molar-refractivity contribution is 6.16. The van der Waals surface area contributed by atoms with Crippen LogP contribution in [0.2, 0.25) is 0 Å². The molecule has 0 unspecified atom stereocenters. The molecule has 0 aromatic carbocycles. The Balaban J connectivity index is 2.44. The number of hydrogen-bond acceptors (Lipinski definition) is 3. The zero-order chi connectivity index (χ0) is 9.97. The van der Waals surface area contributed by atoms with Crippen molar-refractivity contribution in [1.29, 1.82) is 0 Å². The zero-order valence-electron chi connectivity index (χ0n) is 7.08. The van der Waals surface area contributed by atoms with Crippen molar-refractivity contribution in [3.05, 3.63) is 36.1 Å². The fraction of sp³-hybridized carbons (Fsp3) is 0.111. The van der Waals surface area contributed by atoms with E-state index in [4.69, 9.17) is 16.1 Å².